The number of H-pyrrole nitrogens is 1. The lowest BCUT2D eigenvalue weighted by molar-refractivity contribution is 0.122. The fraction of sp³-hybridized carbons (Fsp3) is 0.500. The summed E-state index contributed by atoms with van der Waals surface area (Å²) in [7, 11) is 0. The molecular weight excluding hydrogens is 288 g/mol. The van der Waals surface area contributed by atoms with Gasteiger partial charge in [-0.05, 0) is 36.5 Å². The highest BCUT2D eigenvalue weighted by Crippen LogP contribution is 2.31. The first-order valence-electron chi connectivity index (χ1n) is 8.56. The fourth-order valence-corrected chi connectivity index (χ4v) is 3.67. The van der Waals surface area contributed by atoms with E-state index in [1.807, 2.05) is 12.4 Å². The largest absolute Gasteiger partial charge is 0.378 e. The monoisotopic (exact) mass is 312 g/mol. The Morgan fingerprint density at radius 1 is 0.913 bits per heavy atom. The fourth-order valence-electron chi connectivity index (χ4n) is 3.67. The van der Waals surface area contributed by atoms with Crippen LogP contribution in [-0.2, 0) is 4.74 Å². The molecule has 122 valence electrons. The number of rotatable bonds is 3. The normalized spacial score (nSPS) is 20.0. The third-order valence-corrected chi connectivity index (χ3v) is 5.08. The summed E-state index contributed by atoms with van der Waals surface area (Å²) >= 11 is 0. The standard InChI is InChI=1S/C18H24N4O/c1-3-17(22-9-11-23-12-10-22)4-2-15(1)16-5-7-21(8-6-16)18-13-19-20-14-18/h1-4,13-14,16H,5-12H2,(H,19,20). The number of aromatic amines is 1. The van der Waals surface area contributed by atoms with E-state index in [1.54, 1.807) is 0 Å². The van der Waals surface area contributed by atoms with E-state index in [-0.39, 0.29) is 0 Å². The van der Waals surface area contributed by atoms with Crippen molar-refractivity contribution in [1.29, 1.82) is 0 Å². The second-order valence-corrected chi connectivity index (χ2v) is 6.41. The molecule has 0 aliphatic carbocycles. The van der Waals surface area contributed by atoms with Crippen molar-refractivity contribution >= 4 is 11.4 Å². The van der Waals surface area contributed by atoms with Crippen LogP contribution >= 0.6 is 0 Å². The van der Waals surface area contributed by atoms with Gasteiger partial charge in [-0.2, -0.15) is 5.10 Å². The molecule has 2 aliphatic heterocycles. The van der Waals surface area contributed by atoms with Crippen LogP contribution in [0.1, 0.15) is 24.3 Å². The van der Waals surface area contributed by atoms with Crippen LogP contribution in [-0.4, -0.2) is 49.6 Å². The number of ether oxygens (including phenoxy) is 1. The van der Waals surface area contributed by atoms with E-state index in [0.29, 0.717) is 5.92 Å². The Bertz CT molecular complexity index is 596. The number of nitrogens with one attached hydrogen (secondary N) is 1. The predicted octanol–water partition coefficient (Wildman–Crippen LogP) is 2.63. The molecule has 0 unspecified atom stereocenters. The number of hydrogen-bond donors (Lipinski definition) is 1. The van der Waals surface area contributed by atoms with Gasteiger partial charge in [-0.25, -0.2) is 0 Å². The van der Waals surface area contributed by atoms with E-state index in [2.05, 4.69) is 44.3 Å². The van der Waals surface area contributed by atoms with E-state index < -0.39 is 0 Å². The van der Waals surface area contributed by atoms with Gasteiger partial charge in [-0.3, -0.25) is 5.10 Å². The number of morpholine rings is 1. The average Bonchev–Trinajstić information content (AvgIpc) is 3.18. The van der Waals surface area contributed by atoms with Crippen LogP contribution in [0.15, 0.2) is 36.7 Å². The summed E-state index contributed by atoms with van der Waals surface area (Å²) in [5, 5.41) is 6.95. The van der Waals surface area contributed by atoms with Gasteiger partial charge in [-0.1, -0.05) is 12.1 Å². The van der Waals surface area contributed by atoms with Gasteiger partial charge in [0.1, 0.15) is 0 Å². The summed E-state index contributed by atoms with van der Waals surface area (Å²) in [5.74, 6) is 0.678. The van der Waals surface area contributed by atoms with Crippen molar-refractivity contribution in [2.45, 2.75) is 18.8 Å². The number of anilines is 2. The highest BCUT2D eigenvalue weighted by molar-refractivity contribution is 5.49. The van der Waals surface area contributed by atoms with Crippen molar-refractivity contribution in [1.82, 2.24) is 10.2 Å². The summed E-state index contributed by atoms with van der Waals surface area (Å²) < 4.78 is 5.43. The minimum atomic E-state index is 0.678. The molecule has 2 fully saturated rings. The Kier molecular flexibility index (Phi) is 4.20. The Balaban J connectivity index is 1.37. The molecule has 0 atom stereocenters. The highest BCUT2D eigenvalue weighted by Gasteiger charge is 2.21. The van der Waals surface area contributed by atoms with Crippen LogP contribution in [0.25, 0.3) is 0 Å². The molecular formula is C18H24N4O. The van der Waals surface area contributed by atoms with Gasteiger partial charge < -0.3 is 14.5 Å². The van der Waals surface area contributed by atoms with E-state index in [4.69, 9.17) is 4.74 Å². The number of benzene rings is 1. The van der Waals surface area contributed by atoms with Crippen LogP contribution in [0.5, 0.6) is 0 Å². The van der Waals surface area contributed by atoms with Gasteiger partial charge in [0.15, 0.2) is 0 Å². The molecule has 2 aliphatic rings. The Morgan fingerprint density at radius 3 is 2.26 bits per heavy atom. The van der Waals surface area contributed by atoms with Crippen LogP contribution in [0, 0.1) is 0 Å². The van der Waals surface area contributed by atoms with Crippen LogP contribution in [0.2, 0.25) is 0 Å². The molecule has 23 heavy (non-hydrogen) atoms. The summed E-state index contributed by atoms with van der Waals surface area (Å²) in [6.07, 6.45) is 6.32. The van der Waals surface area contributed by atoms with Crippen LogP contribution < -0.4 is 9.80 Å². The molecule has 0 amide bonds. The van der Waals surface area contributed by atoms with Gasteiger partial charge in [0.2, 0.25) is 0 Å². The molecule has 4 rings (SSSR count). The maximum atomic E-state index is 5.43. The molecule has 0 bridgehead atoms. The number of nitrogens with zero attached hydrogens (tertiary/aromatic N) is 3. The van der Waals surface area contributed by atoms with Crippen molar-refractivity contribution in [3.05, 3.63) is 42.2 Å². The van der Waals surface area contributed by atoms with Crippen molar-refractivity contribution < 1.29 is 4.74 Å². The SMILES string of the molecule is c1cc(N2CCOCC2)ccc1C1CCN(c2cn[nH]c2)CC1. The Hall–Kier alpha value is -2.01. The van der Waals surface area contributed by atoms with E-state index in [0.717, 1.165) is 39.4 Å². The van der Waals surface area contributed by atoms with Gasteiger partial charge in [0, 0.05) is 38.1 Å². The van der Waals surface area contributed by atoms with Crippen molar-refractivity contribution in [2.75, 3.05) is 49.2 Å². The Labute approximate surface area is 137 Å². The minimum Gasteiger partial charge on any atom is -0.378 e. The quantitative estimate of drug-likeness (QED) is 0.946. The van der Waals surface area contributed by atoms with Crippen LogP contribution in [0.4, 0.5) is 11.4 Å². The van der Waals surface area contributed by atoms with E-state index in [1.165, 1.54) is 29.8 Å². The summed E-state index contributed by atoms with van der Waals surface area (Å²) in [6.45, 7) is 5.90. The lowest BCUT2D eigenvalue weighted by atomic mass is 9.89. The third kappa shape index (κ3) is 3.20. The topological polar surface area (TPSA) is 44.4 Å². The average molecular weight is 312 g/mol. The predicted molar refractivity (Wildman–Crippen MR) is 92.2 cm³/mol. The molecule has 1 aromatic heterocycles. The zero-order valence-electron chi connectivity index (χ0n) is 13.4. The number of piperidine rings is 1. The third-order valence-electron chi connectivity index (χ3n) is 5.08. The second kappa shape index (κ2) is 6.62. The molecule has 1 aromatic carbocycles. The van der Waals surface area contributed by atoms with Crippen molar-refractivity contribution in [2.24, 2.45) is 0 Å². The van der Waals surface area contributed by atoms with Gasteiger partial charge in [0.05, 0.1) is 25.1 Å². The molecule has 3 heterocycles. The number of aromatic nitrogens is 2. The van der Waals surface area contributed by atoms with E-state index in [9.17, 15) is 0 Å². The summed E-state index contributed by atoms with van der Waals surface area (Å²) in [6, 6.07) is 9.21. The molecule has 5 heteroatoms. The smallest absolute Gasteiger partial charge is 0.0749 e. The Morgan fingerprint density at radius 2 is 1.61 bits per heavy atom. The zero-order valence-corrected chi connectivity index (χ0v) is 13.4. The summed E-state index contributed by atoms with van der Waals surface area (Å²) in [4.78, 5) is 4.83. The molecule has 0 spiro atoms. The zero-order chi connectivity index (χ0) is 15.5. The first kappa shape index (κ1) is 14.6. The van der Waals surface area contributed by atoms with Crippen molar-refractivity contribution in [3.8, 4) is 0 Å². The van der Waals surface area contributed by atoms with Crippen LogP contribution in [0.3, 0.4) is 0 Å². The molecule has 2 aromatic rings. The van der Waals surface area contributed by atoms with Gasteiger partial charge >= 0.3 is 0 Å². The maximum Gasteiger partial charge on any atom is 0.0749 e. The minimum absolute atomic E-state index is 0.678. The molecule has 5 nitrogen and oxygen atoms in total. The van der Waals surface area contributed by atoms with E-state index >= 15 is 0 Å². The van der Waals surface area contributed by atoms with Gasteiger partial charge in [-0.15, -0.1) is 0 Å². The molecule has 1 N–H and O–H groups in total. The lowest BCUT2D eigenvalue weighted by Gasteiger charge is -2.33. The lowest BCUT2D eigenvalue weighted by Crippen LogP contribution is -2.36. The molecule has 0 saturated carbocycles. The first-order chi connectivity index (χ1) is 11.4. The molecule has 2 saturated heterocycles. The van der Waals surface area contributed by atoms with Crippen molar-refractivity contribution in [3.63, 3.8) is 0 Å². The highest BCUT2D eigenvalue weighted by atomic mass is 16.5. The second-order valence-electron chi connectivity index (χ2n) is 6.41. The summed E-state index contributed by atoms with van der Waals surface area (Å²) in [5.41, 5.74) is 4.02. The van der Waals surface area contributed by atoms with Gasteiger partial charge in [0.25, 0.3) is 0 Å². The first-order valence-corrected chi connectivity index (χ1v) is 8.56. The molecule has 0 radical (unpaired) electrons. The maximum absolute atomic E-state index is 5.43. The number of hydrogen-bond acceptors (Lipinski definition) is 4.